The van der Waals surface area contributed by atoms with E-state index in [-0.39, 0.29) is 31.0 Å². The van der Waals surface area contributed by atoms with Crippen LogP contribution in [-0.4, -0.2) is 86.5 Å². The number of amides is 6. The molecule has 6 amide bonds. The van der Waals surface area contributed by atoms with Crippen molar-refractivity contribution in [2.75, 3.05) is 19.6 Å². The normalized spacial score (nSPS) is 19.9. The van der Waals surface area contributed by atoms with Gasteiger partial charge in [0.05, 0.1) is 0 Å². The Hall–Kier alpha value is -5.50. The van der Waals surface area contributed by atoms with Gasteiger partial charge in [0.15, 0.2) is 0 Å². The van der Waals surface area contributed by atoms with Gasteiger partial charge >= 0.3 is 23.8 Å². The quantitative estimate of drug-likeness (QED) is 0.208. The number of urea groups is 1. The van der Waals surface area contributed by atoms with Crippen molar-refractivity contribution in [2.24, 2.45) is 0 Å². The fourth-order valence-electron chi connectivity index (χ4n) is 5.78. The van der Waals surface area contributed by atoms with Crippen molar-refractivity contribution in [3.63, 3.8) is 0 Å². The molecule has 2 unspecified atom stereocenters. The van der Waals surface area contributed by atoms with Crippen LogP contribution < -0.4 is 10.6 Å². The van der Waals surface area contributed by atoms with E-state index < -0.39 is 58.2 Å². The van der Waals surface area contributed by atoms with E-state index in [1.54, 1.807) is 37.3 Å². The number of nitrogens with zero attached hydrogens (tertiary/aromatic N) is 3. The zero-order valence-corrected chi connectivity index (χ0v) is 26.8. The van der Waals surface area contributed by atoms with Gasteiger partial charge in [-0.15, -0.1) is 0 Å². The fraction of sp³-hybridized carbons (Fsp3) is 0.265. The van der Waals surface area contributed by atoms with Crippen LogP contribution in [0.25, 0.3) is 10.8 Å². The summed E-state index contributed by atoms with van der Waals surface area (Å²) < 4.78 is 5.53. The molecule has 0 saturated carbocycles. The van der Waals surface area contributed by atoms with Crippen molar-refractivity contribution in [3.05, 3.63) is 95.2 Å². The zero-order valence-electron chi connectivity index (χ0n) is 26.0. The van der Waals surface area contributed by atoms with Crippen LogP contribution in [0.5, 0.6) is 0 Å². The number of hydrogen-bond acceptors (Lipinski definition) is 9. The van der Waals surface area contributed by atoms with E-state index in [9.17, 15) is 33.6 Å². The Morgan fingerprint density at radius 1 is 0.917 bits per heavy atom. The minimum Gasteiger partial charge on any atom is -0.456 e. The van der Waals surface area contributed by atoms with Gasteiger partial charge in [0.1, 0.15) is 29.8 Å². The van der Waals surface area contributed by atoms with Gasteiger partial charge in [-0.1, -0.05) is 78.5 Å². The van der Waals surface area contributed by atoms with E-state index in [2.05, 4.69) is 10.6 Å². The second-order valence-corrected chi connectivity index (χ2v) is 12.4. The number of imide groups is 1. The fourth-order valence-corrected chi connectivity index (χ4v) is 6.91. The Balaban J connectivity index is 1.15. The van der Waals surface area contributed by atoms with E-state index in [0.717, 1.165) is 37.9 Å². The number of nitrogens with one attached hydrogen (secondary N) is 2. The van der Waals surface area contributed by atoms with Crippen molar-refractivity contribution in [1.29, 1.82) is 0 Å². The number of ether oxygens (including phenoxy) is 1. The molecule has 2 saturated heterocycles. The number of carbonyl (C=O) groups is 7. The molecule has 3 aliphatic rings. The van der Waals surface area contributed by atoms with E-state index in [1.165, 1.54) is 11.8 Å². The molecule has 2 N–H and O–H groups in total. The lowest BCUT2D eigenvalue weighted by Gasteiger charge is -2.49. The molecule has 0 aliphatic carbocycles. The van der Waals surface area contributed by atoms with Crippen LogP contribution in [0.4, 0.5) is 4.79 Å². The first-order chi connectivity index (χ1) is 23.1. The van der Waals surface area contributed by atoms with Crippen LogP contribution in [0.1, 0.15) is 31.0 Å². The predicted octanol–water partition coefficient (Wildman–Crippen LogP) is 2.23. The summed E-state index contributed by atoms with van der Waals surface area (Å²) >= 11 is 0.786. The predicted molar refractivity (Wildman–Crippen MR) is 173 cm³/mol. The molecule has 3 aromatic rings. The Kier molecular flexibility index (Phi) is 9.00. The van der Waals surface area contributed by atoms with Crippen molar-refractivity contribution < 1.29 is 38.3 Å². The smallest absolute Gasteiger partial charge is 0.355 e. The molecule has 0 spiro atoms. The first-order valence-electron chi connectivity index (χ1n) is 15.2. The van der Waals surface area contributed by atoms with Crippen LogP contribution in [0.15, 0.2) is 84.1 Å². The maximum Gasteiger partial charge on any atom is 0.355 e. The topological polar surface area (TPSA) is 162 Å². The number of fused-ring (bicyclic) bond motifs is 2. The molecule has 2 fully saturated rings. The molecular weight excluding hydrogens is 638 g/mol. The molecule has 6 rings (SSSR count). The van der Waals surface area contributed by atoms with Gasteiger partial charge in [0, 0.05) is 25.2 Å². The molecule has 246 valence electrons. The van der Waals surface area contributed by atoms with Gasteiger partial charge < -0.3 is 20.3 Å². The largest absolute Gasteiger partial charge is 0.456 e. The van der Waals surface area contributed by atoms with Gasteiger partial charge in [-0.2, -0.15) is 0 Å². The monoisotopic (exact) mass is 669 g/mol. The molecule has 3 atom stereocenters. The molecule has 3 heterocycles. The van der Waals surface area contributed by atoms with E-state index in [0.29, 0.717) is 12.1 Å². The highest BCUT2D eigenvalue weighted by Gasteiger charge is 2.56. The lowest BCUT2D eigenvalue weighted by Crippen LogP contribution is -2.71. The standard InChI is InChI=1S/C34H31N5O8S/c1-3-37-15-16-38(30(43)29(37)42)34(46)36-24(22-10-5-4-6-11-22)27(40)35-25-28(41)39-26(19(2)33(45)48-31(25)39)32(44)47-18-20-13-14-21-9-7-8-12-23(21)17-20/h4-14,17,24-25,31H,3,15-16,18H2,1-2H3,(H,35,40)(H,36,46)/t24?,25?,31-/m0/s1. The molecule has 0 aromatic heterocycles. The van der Waals surface area contributed by atoms with Gasteiger partial charge in [0.25, 0.3) is 5.91 Å². The Bertz CT molecular complexity index is 1900. The number of rotatable bonds is 8. The lowest BCUT2D eigenvalue weighted by molar-refractivity contribution is -0.154. The maximum atomic E-state index is 13.7. The number of carbonyl (C=O) groups excluding carboxylic acids is 7. The first kappa shape index (κ1) is 32.4. The third-order valence-electron chi connectivity index (χ3n) is 8.45. The maximum absolute atomic E-state index is 13.7. The second kappa shape index (κ2) is 13.3. The summed E-state index contributed by atoms with van der Waals surface area (Å²) in [5.74, 6) is -4.13. The third kappa shape index (κ3) is 6.01. The average Bonchev–Trinajstić information content (AvgIpc) is 3.10. The molecule has 48 heavy (non-hydrogen) atoms. The number of benzene rings is 3. The number of β-lactam (4-membered cyclic amide) rings is 1. The van der Waals surface area contributed by atoms with Crippen LogP contribution in [0.3, 0.4) is 0 Å². The third-order valence-corrected chi connectivity index (χ3v) is 9.69. The second-order valence-electron chi connectivity index (χ2n) is 11.4. The first-order valence-corrected chi connectivity index (χ1v) is 16.1. The van der Waals surface area contributed by atoms with Gasteiger partial charge in [-0.05, 0) is 41.8 Å². The van der Waals surface area contributed by atoms with Crippen LogP contribution in [-0.2, 0) is 40.1 Å². The minimum absolute atomic E-state index is 0.0506. The number of hydrogen-bond donors (Lipinski definition) is 2. The number of piperazine rings is 1. The number of likely N-dealkylation sites (N-methyl/N-ethyl adjacent to an activating group) is 1. The van der Waals surface area contributed by atoms with E-state index in [1.807, 2.05) is 42.5 Å². The molecule has 0 radical (unpaired) electrons. The van der Waals surface area contributed by atoms with E-state index >= 15 is 0 Å². The van der Waals surface area contributed by atoms with Gasteiger partial charge in [0.2, 0.25) is 11.0 Å². The summed E-state index contributed by atoms with van der Waals surface area (Å²) in [6.45, 7) is 3.46. The zero-order chi connectivity index (χ0) is 34.1. The highest BCUT2D eigenvalue weighted by Crippen LogP contribution is 2.41. The molecular formula is C34H31N5O8S. The van der Waals surface area contributed by atoms with Crippen molar-refractivity contribution in [2.45, 2.75) is 37.9 Å². The van der Waals surface area contributed by atoms with Gasteiger partial charge in [-0.3, -0.25) is 33.8 Å². The van der Waals surface area contributed by atoms with Crippen molar-refractivity contribution in [1.82, 2.24) is 25.3 Å². The molecule has 3 aromatic carbocycles. The van der Waals surface area contributed by atoms with Crippen LogP contribution >= 0.6 is 11.8 Å². The van der Waals surface area contributed by atoms with Crippen molar-refractivity contribution in [3.8, 4) is 0 Å². The summed E-state index contributed by atoms with van der Waals surface area (Å²) in [6.07, 6.45) is 0. The van der Waals surface area contributed by atoms with Gasteiger partial charge in [-0.25, -0.2) is 9.59 Å². The van der Waals surface area contributed by atoms with Crippen molar-refractivity contribution >= 4 is 63.3 Å². The highest BCUT2D eigenvalue weighted by atomic mass is 32.2. The number of esters is 1. The molecule has 13 nitrogen and oxygen atoms in total. The van der Waals surface area contributed by atoms with Crippen LogP contribution in [0.2, 0.25) is 0 Å². The van der Waals surface area contributed by atoms with E-state index in [4.69, 9.17) is 4.74 Å². The minimum atomic E-state index is -1.36. The summed E-state index contributed by atoms with van der Waals surface area (Å²) in [5, 5.41) is 5.72. The summed E-state index contributed by atoms with van der Waals surface area (Å²) in [7, 11) is 0. The lowest BCUT2D eigenvalue weighted by atomic mass is 10.0. The highest BCUT2D eigenvalue weighted by molar-refractivity contribution is 8.14. The molecule has 3 aliphatic heterocycles. The van der Waals surface area contributed by atoms with Crippen LogP contribution in [0, 0.1) is 0 Å². The summed E-state index contributed by atoms with van der Waals surface area (Å²) in [6, 6.07) is 18.0. The SMILES string of the molecule is CCN1CCN(C(=O)NC(C(=O)NC2C(=O)N3C(C(=O)OCc4ccc5ccccc5c4)=C(C)C(=O)S[C@@H]23)c2ccccc2)C(=O)C1=O. The molecule has 0 bridgehead atoms. The Morgan fingerprint density at radius 3 is 2.35 bits per heavy atom. The molecule has 14 heteroatoms. The average molecular weight is 670 g/mol. The Labute approximate surface area is 279 Å². The summed E-state index contributed by atoms with van der Waals surface area (Å²) in [4.78, 5) is 94.7. The summed E-state index contributed by atoms with van der Waals surface area (Å²) in [5.41, 5.74) is 0.928. The number of thioether (sulfide) groups is 1. The Morgan fingerprint density at radius 2 is 1.62 bits per heavy atom.